The van der Waals surface area contributed by atoms with Crippen LogP contribution in [0.15, 0.2) is 35.3 Å². The molecule has 1 unspecified atom stereocenters. The van der Waals surface area contributed by atoms with Gasteiger partial charge in [-0.3, -0.25) is 14.6 Å². The van der Waals surface area contributed by atoms with Gasteiger partial charge in [0.25, 0.3) is 0 Å². The summed E-state index contributed by atoms with van der Waals surface area (Å²) in [4.78, 5) is 29.6. The molecule has 1 aromatic carbocycles. The molecule has 0 bridgehead atoms. The van der Waals surface area contributed by atoms with Gasteiger partial charge in [0.1, 0.15) is 5.75 Å². The summed E-state index contributed by atoms with van der Waals surface area (Å²) in [5.74, 6) is -0.945. The minimum atomic E-state index is -0.965. The summed E-state index contributed by atoms with van der Waals surface area (Å²) >= 11 is 0. The van der Waals surface area contributed by atoms with E-state index in [-0.39, 0.29) is 12.3 Å². The fraction of sp³-hybridized carbons (Fsp3) is 0.435. The van der Waals surface area contributed by atoms with E-state index in [0.29, 0.717) is 43.8 Å². The highest BCUT2D eigenvalue weighted by Gasteiger charge is 2.29. The zero-order valence-electron chi connectivity index (χ0n) is 18.2. The molecule has 0 aliphatic carbocycles. The third-order valence-electron chi connectivity index (χ3n) is 5.39. The number of hydrogen-bond donors (Lipinski definition) is 2. The molecule has 2 N–H and O–H groups in total. The lowest BCUT2D eigenvalue weighted by molar-refractivity contribution is -0.143. The van der Waals surface area contributed by atoms with Gasteiger partial charge in [0, 0.05) is 26.6 Å². The molecule has 2 heterocycles. The van der Waals surface area contributed by atoms with Gasteiger partial charge in [0.2, 0.25) is 5.91 Å². The number of nitrogens with zero attached hydrogens (tertiary/aromatic N) is 3. The summed E-state index contributed by atoms with van der Waals surface area (Å²) in [6.07, 6.45) is 0.933. The number of carbonyl (C=O) groups is 2. The van der Waals surface area contributed by atoms with Crippen LogP contribution in [0.5, 0.6) is 5.75 Å². The molecule has 1 aliphatic rings. The normalized spacial score (nSPS) is 16.7. The number of carboxylic acid groups (broad SMARTS) is 1. The Hall–Kier alpha value is -3.29. The summed E-state index contributed by atoms with van der Waals surface area (Å²) in [6, 6.07) is 9.41. The molecule has 1 aliphatic heterocycles. The predicted molar refractivity (Wildman–Crippen MR) is 114 cm³/mol. The van der Waals surface area contributed by atoms with E-state index in [0.717, 1.165) is 27.1 Å². The third kappa shape index (κ3) is 5.65. The number of aromatic nitrogens is 1. The van der Waals surface area contributed by atoms with Gasteiger partial charge in [-0.15, -0.1) is 0 Å². The summed E-state index contributed by atoms with van der Waals surface area (Å²) in [6.45, 7) is 5.20. The molecule has 1 amide bonds. The van der Waals surface area contributed by atoms with E-state index in [9.17, 15) is 14.8 Å². The standard InChI is InChI=1S/C23H29N3O5/c1-15-9-16(2)26(30)21(10-15)24-7-4-8-31-20-6-5-17-11-18(13-22(27)28)23(29)25(3)14-19(17)12-20/h5-6,9-10,12,18,30H,4,7-8,11,13-14H2,1-3H3,(H,27,28). The molecule has 0 fully saturated rings. The highest BCUT2D eigenvalue weighted by molar-refractivity contribution is 5.84. The van der Waals surface area contributed by atoms with Crippen LogP contribution in [0.4, 0.5) is 0 Å². The van der Waals surface area contributed by atoms with Gasteiger partial charge in [-0.05, 0) is 61.2 Å². The van der Waals surface area contributed by atoms with Crippen LogP contribution in [0.2, 0.25) is 0 Å². The second kappa shape index (κ2) is 9.68. The minimum Gasteiger partial charge on any atom is -0.494 e. The smallest absolute Gasteiger partial charge is 0.304 e. The van der Waals surface area contributed by atoms with Gasteiger partial charge in [-0.1, -0.05) is 6.07 Å². The molecular weight excluding hydrogens is 398 g/mol. The fourth-order valence-corrected chi connectivity index (χ4v) is 3.85. The average Bonchev–Trinajstić information content (AvgIpc) is 2.81. The molecule has 1 atom stereocenters. The number of fused-ring (bicyclic) bond motifs is 1. The van der Waals surface area contributed by atoms with Crippen molar-refractivity contribution < 1.29 is 24.6 Å². The van der Waals surface area contributed by atoms with Gasteiger partial charge < -0.3 is 20.0 Å². The van der Waals surface area contributed by atoms with Crippen LogP contribution in [0.3, 0.4) is 0 Å². The number of benzene rings is 1. The van der Waals surface area contributed by atoms with E-state index < -0.39 is 11.9 Å². The lowest BCUT2D eigenvalue weighted by Crippen LogP contribution is -2.32. The quantitative estimate of drug-likeness (QED) is 0.521. The molecule has 0 spiro atoms. The van der Waals surface area contributed by atoms with Crippen LogP contribution in [0, 0.1) is 19.8 Å². The van der Waals surface area contributed by atoms with Crippen molar-refractivity contribution in [2.75, 3.05) is 20.2 Å². The van der Waals surface area contributed by atoms with Crippen molar-refractivity contribution in [1.82, 2.24) is 9.63 Å². The van der Waals surface area contributed by atoms with Crippen molar-refractivity contribution in [3.05, 3.63) is 58.2 Å². The van der Waals surface area contributed by atoms with E-state index in [2.05, 4.69) is 4.99 Å². The van der Waals surface area contributed by atoms with Gasteiger partial charge >= 0.3 is 5.97 Å². The number of carboxylic acids is 1. The number of aryl methyl sites for hydroxylation is 2. The van der Waals surface area contributed by atoms with Crippen LogP contribution >= 0.6 is 0 Å². The first-order chi connectivity index (χ1) is 14.7. The molecule has 0 radical (unpaired) electrons. The Bertz CT molecular complexity index is 1040. The Morgan fingerprint density at radius 3 is 2.74 bits per heavy atom. The number of pyridine rings is 1. The first kappa shape index (κ1) is 22.4. The van der Waals surface area contributed by atoms with E-state index in [4.69, 9.17) is 9.84 Å². The topological polar surface area (TPSA) is 104 Å². The molecule has 2 aromatic rings. The summed E-state index contributed by atoms with van der Waals surface area (Å²) < 4.78 is 6.93. The van der Waals surface area contributed by atoms with Gasteiger partial charge in [-0.2, -0.15) is 4.73 Å². The zero-order chi connectivity index (χ0) is 22.5. The molecular formula is C23H29N3O5. The molecule has 0 saturated heterocycles. The van der Waals surface area contributed by atoms with Crippen LogP contribution in [-0.4, -0.2) is 52.0 Å². The van der Waals surface area contributed by atoms with Crippen LogP contribution in [-0.2, 0) is 22.6 Å². The Morgan fingerprint density at radius 2 is 2.00 bits per heavy atom. The number of hydrogen-bond acceptors (Lipinski definition) is 5. The number of ether oxygens (including phenoxy) is 1. The van der Waals surface area contributed by atoms with Crippen molar-refractivity contribution in [3.63, 3.8) is 0 Å². The highest BCUT2D eigenvalue weighted by atomic mass is 16.5. The maximum absolute atomic E-state index is 12.5. The van der Waals surface area contributed by atoms with Crippen LogP contribution < -0.4 is 10.2 Å². The van der Waals surface area contributed by atoms with E-state index in [1.54, 1.807) is 11.9 Å². The van der Waals surface area contributed by atoms with E-state index in [1.165, 1.54) is 0 Å². The molecule has 1 aromatic heterocycles. The number of rotatable bonds is 7. The Kier molecular flexibility index (Phi) is 6.99. The lowest BCUT2D eigenvalue weighted by atomic mass is 9.94. The molecule has 0 saturated carbocycles. The average molecular weight is 428 g/mol. The predicted octanol–water partition coefficient (Wildman–Crippen LogP) is 2.32. The Balaban J connectivity index is 1.61. The Morgan fingerprint density at radius 1 is 1.23 bits per heavy atom. The van der Waals surface area contributed by atoms with Crippen LogP contribution in [0.1, 0.15) is 35.2 Å². The maximum atomic E-state index is 12.5. The molecule has 31 heavy (non-hydrogen) atoms. The molecule has 3 rings (SSSR count). The highest BCUT2D eigenvalue weighted by Crippen LogP contribution is 2.27. The van der Waals surface area contributed by atoms with Gasteiger partial charge in [-0.25, -0.2) is 0 Å². The Labute approximate surface area is 181 Å². The fourth-order valence-electron chi connectivity index (χ4n) is 3.85. The van der Waals surface area contributed by atoms with E-state index >= 15 is 0 Å². The number of aliphatic carboxylic acids is 1. The lowest BCUT2D eigenvalue weighted by Gasteiger charge is -2.18. The summed E-state index contributed by atoms with van der Waals surface area (Å²) in [7, 11) is 1.70. The minimum absolute atomic E-state index is 0.143. The second-order valence-corrected chi connectivity index (χ2v) is 8.05. The first-order valence-corrected chi connectivity index (χ1v) is 10.4. The van der Waals surface area contributed by atoms with Crippen molar-refractivity contribution in [2.24, 2.45) is 10.9 Å². The van der Waals surface area contributed by atoms with Crippen molar-refractivity contribution in [1.29, 1.82) is 0 Å². The molecule has 8 heteroatoms. The summed E-state index contributed by atoms with van der Waals surface area (Å²) in [5, 5.41) is 19.1. The van der Waals surface area contributed by atoms with Crippen molar-refractivity contribution in [3.8, 4) is 5.75 Å². The molecule has 166 valence electrons. The largest absolute Gasteiger partial charge is 0.494 e. The van der Waals surface area contributed by atoms with Crippen molar-refractivity contribution >= 4 is 11.9 Å². The van der Waals surface area contributed by atoms with Crippen LogP contribution in [0.25, 0.3) is 0 Å². The number of carbonyl (C=O) groups excluding carboxylic acids is 1. The second-order valence-electron chi connectivity index (χ2n) is 8.05. The molecule has 8 nitrogen and oxygen atoms in total. The summed E-state index contributed by atoms with van der Waals surface area (Å²) in [5.41, 5.74) is 4.24. The first-order valence-electron chi connectivity index (χ1n) is 10.4. The monoisotopic (exact) mass is 427 g/mol. The van der Waals surface area contributed by atoms with E-state index in [1.807, 2.05) is 44.2 Å². The van der Waals surface area contributed by atoms with Crippen molar-refractivity contribution in [2.45, 2.75) is 39.7 Å². The maximum Gasteiger partial charge on any atom is 0.304 e. The van der Waals surface area contributed by atoms with Gasteiger partial charge in [0.05, 0.1) is 24.6 Å². The third-order valence-corrected chi connectivity index (χ3v) is 5.39. The van der Waals surface area contributed by atoms with Gasteiger partial charge in [0.15, 0.2) is 5.49 Å². The zero-order valence-corrected chi connectivity index (χ0v) is 18.2. The SMILES string of the molecule is Cc1cc(C)n(O)c(=NCCCOc2ccc3c(c2)CN(C)C(=O)C(CC(=O)O)C3)c1. The number of amides is 1.